The van der Waals surface area contributed by atoms with Gasteiger partial charge >= 0.3 is 0 Å². The minimum atomic E-state index is 0.178. The topological polar surface area (TPSA) is 55.6 Å². The number of hydrogen-bond donors (Lipinski definition) is 1. The monoisotopic (exact) mass is 299 g/mol. The molecule has 0 bridgehead atoms. The van der Waals surface area contributed by atoms with E-state index in [1.165, 1.54) is 34.1 Å². The van der Waals surface area contributed by atoms with Crippen LogP contribution in [0.3, 0.4) is 0 Å². The molecule has 1 aliphatic rings. The van der Waals surface area contributed by atoms with Crippen molar-refractivity contribution in [1.82, 2.24) is 25.5 Å². The molecule has 3 aromatic rings. The molecule has 0 spiro atoms. The number of nitrogens with one attached hydrogen (secondary N) is 1. The first-order valence-electron chi connectivity index (χ1n) is 7.33. The summed E-state index contributed by atoms with van der Waals surface area (Å²) >= 11 is 1.84. The molecule has 3 heterocycles. The van der Waals surface area contributed by atoms with Crippen LogP contribution in [-0.2, 0) is 0 Å². The van der Waals surface area contributed by atoms with Gasteiger partial charge in [0.05, 0.1) is 0 Å². The molecule has 0 saturated carbocycles. The van der Waals surface area contributed by atoms with Crippen molar-refractivity contribution in [2.45, 2.75) is 18.9 Å². The SMILES string of the molecule is c1ccc2sc([C@@H]([C@H]3CCCNC3)n3ncnn3)cc2c1. The van der Waals surface area contributed by atoms with Crippen molar-refractivity contribution in [3.63, 3.8) is 0 Å². The van der Waals surface area contributed by atoms with Crippen molar-refractivity contribution in [3.05, 3.63) is 41.5 Å². The standard InChI is InChI=1S/C15H17N5S/c1-2-6-13-11(4-1)8-14(21-13)15(20-18-10-17-19-20)12-5-3-7-16-9-12/h1-2,4,6,8,10,12,15-16H,3,5,7,9H2/t12-,15+/m0/s1. The van der Waals surface area contributed by atoms with Gasteiger partial charge in [0.15, 0.2) is 6.33 Å². The number of benzene rings is 1. The summed E-state index contributed by atoms with van der Waals surface area (Å²) in [5.41, 5.74) is 0. The van der Waals surface area contributed by atoms with Crippen molar-refractivity contribution >= 4 is 21.4 Å². The third-order valence-corrected chi connectivity index (χ3v) is 5.32. The highest BCUT2D eigenvalue weighted by Gasteiger charge is 2.29. The molecule has 5 nitrogen and oxygen atoms in total. The van der Waals surface area contributed by atoms with E-state index in [0.717, 1.165) is 13.1 Å². The third kappa shape index (κ3) is 2.45. The largest absolute Gasteiger partial charge is 0.316 e. The van der Waals surface area contributed by atoms with Crippen molar-refractivity contribution in [1.29, 1.82) is 0 Å². The minimum absolute atomic E-state index is 0.178. The van der Waals surface area contributed by atoms with Gasteiger partial charge in [0.2, 0.25) is 0 Å². The van der Waals surface area contributed by atoms with Crippen LogP contribution in [0.5, 0.6) is 0 Å². The predicted molar refractivity (Wildman–Crippen MR) is 83.4 cm³/mol. The van der Waals surface area contributed by atoms with Crippen molar-refractivity contribution < 1.29 is 0 Å². The van der Waals surface area contributed by atoms with Crippen molar-refractivity contribution in [2.75, 3.05) is 13.1 Å². The number of fused-ring (bicyclic) bond motifs is 1. The molecule has 1 aliphatic heterocycles. The maximum Gasteiger partial charge on any atom is 0.162 e. The Kier molecular flexibility index (Phi) is 3.40. The van der Waals surface area contributed by atoms with Crippen LogP contribution in [0.25, 0.3) is 10.1 Å². The van der Waals surface area contributed by atoms with Gasteiger partial charge in [-0.3, -0.25) is 0 Å². The van der Waals surface area contributed by atoms with Gasteiger partial charge < -0.3 is 5.32 Å². The van der Waals surface area contributed by atoms with E-state index in [1.807, 2.05) is 11.3 Å². The summed E-state index contributed by atoms with van der Waals surface area (Å²) in [6.45, 7) is 2.13. The van der Waals surface area contributed by atoms with Gasteiger partial charge in [-0.2, -0.15) is 4.80 Å². The Morgan fingerprint density at radius 1 is 1.33 bits per heavy atom. The normalized spacial score (nSPS) is 20.7. The van der Waals surface area contributed by atoms with Gasteiger partial charge in [-0.1, -0.05) is 18.2 Å². The van der Waals surface area contributed by atoms with Crippen LogP contribution >= 0.6 is 11.3 Å². The highest BCUT2D eigenvalue weighted by molar-refractivity contribution is 7.19. The second-order valence-corrected chi connectivity index (χ2v) is 6.61. The average molecular weight is 299 g/mol. The van der Waals surface area contributed by atoms with Crippen LogP contribution in [0.1, 0.15) is 23.8 Å². The quantitative estimate of drug-likeness (QED) is 0.807. The van der Waals surface area contributed by atoms with Crippen molar-refractivity contribution in [3.8, 4) is 0 Å². The Hall–Kier alpha value is -1.79. The van der Waals surface area contributed by atoms with Crippen LogP contribution in [0, 0.1) is 5.92 Å². The molecule has 21 heavy (non-hydrogen) atoms. The summed E-state index contributed by atoms with van der Waals surface area (Å²) in [6.07, 6.45) is 3.94. The van der Waals surface area contributed by atoms with Crippen LogP contribution < -0.4 is 5.32 Å². The fourth-order valence-corrected chi connectivity index (χ4v) is 4.37. The number of piperidine rings is 1. The van der Waals surface area contributed by atoms with Crippen LogP contribution in [0.15, 0.2) is 36.7 Å². The smallest absolute Gasteiger partial charge is 0.162 e. The molecular weight excluding hydrogens is 282 g/mol. The molecule has 1 saturated heterocycles. The number of tetrazole rings is 1. The predicted octanol–water partition coefficient (Wildman–Crippen LogP) is 2.48. The molecule has 0 radical (unpaired) electrons. The third-order valence-electron chi connectivity index (χ3n) is 4.13. The summed E-state index contributed by atoms with van der Waals surface area (Å²) in [4.78, 5) is 3.10. The van der Waals surface area contributed by atoms with E-state index in [0.29, 0.717) is 5.92 Å². The van der Waals surface area contributed by atoms with Crippen LogP contribution in [-0.4, -0.2) is 33.3 Å². The lowest BCUT2D eigenvalue weighted by Crippen LogP contribution is -2.36. The van der Waals surface area contributed by atoms with Crippen molar-refractivity contribution in [2.24, 2.45) is 5.92 Å². The fraction of sp³-hybridized carbons (Fsp3) is 0.400. The Balaban J connectivity index is 1.77. The van der Waals surface area contributed by atoms with Gasteiger partial charge in [-0.05, 0) is 42.1 Å². The lowest BCUT2D eigenvalue weighted by Gasteiger charge is -2.29. The van der Waals surface area contributed by atoms with E-state index in [4.69, 9.17) is 0 Å². The Morgan fingerprint density at radius 2 is 2.29 bits per heavy atom. The molecule has 1 aromatic carbocycles. The van der Waals surface area contributed by atoms with Gasteiger partial charge in [0.25, 0.3) is 0 Å². The maximum absolute atomic E-state index is 4.31. The zero-order valence-corrected chi connectivity index (χ0v) is 12.5. The molecule has 0 unspecified atom stereocenters. The fourth-order valence-electron chi connectivity index (χ4n) is 3.13. The highest BCUT2D eigenvalue weighted by atomic mass is 32.1. The molecule has 0 aliphatic carbocycles. The zero-order chi connectivity index (χ0) is 14.1. The first-order chi connectivity index (χ1) is 10.4. The molecule has 1 fully saturated rings. The second-order valence-electron chi connectivity index (χ2n) is 5.49. The maximum atomic E-state index is 4.31. The Labute approximate surface area is 127 Å². The Bertz CT molecular complexity index is 682. The first-order valence-corrected chi connectivity index (χ1v) is 8.15. The summed E-state index contributed by atoms with van der Waals surface area (Å²) in [5.74, 6) is 0.515. The van der Waals surface area contributed by atoms with E-state index < -0.39 is 0 Å². The molecule has 2 atom stereocenters. The number of hydrogen-bond acceptors (Lipinski definition) is 5. The van der Waals surface area contributed by atoms with Crippen LogP contribution in [0.4, 0.5) is 0 Å². The summed E-state index contributed by atoms with van der Waals surface area (Å²) in [6, 6.07) is 11.0. The molecular formula is C15H17N5S. The van der Waals surface area contributed by atoms with E-state index in [9.17, 15) is 0 Å². The average Bonchev–Trinajstić information content (AvgIpc) is 3.18. The zero-order valence-electron chi connectivity index (χ0n) is 11.6. The summed E-state index contributed by atoms with van der Waals surface area (Å²) in [7, 11) is 0. The first kappa shape index (κ1) is 12.9. The van der Waals surface area contributed by atoms with Crippen LogP contribution in [0.2, 0.25) is 0 Å². The summed E-state index contributed by atoms with van der Waals surface area (Å²) < 4.78 is 1.32. The molecule has 108 valence electrons. The molecule has 6 heteroatoms. The lowest BCUT2D eigenvalue weighted by molar-refractivity contribution is 0.264. The molecule has 0 amide bonds. The van der Waals surface area contributed by atoms with E-state index in [-0.39, 0.29) is 6.04 Å². The Morgan fingerprint density at radius 3 is 3.05 bits per heavy atom. The van der Waals surface area contributed by atoms with Gasteiger partial charge in [0.1, 0.15) is 6.04 Å². The number of rotatable bonds is 3. The lowest BCUT2D eigenvalue weighted by atomic mass is 9.91. The number of aromatic nitrogens is 4. The number of nitrogens with zero attached hydrogens (tertiary/aromatic N) is 4. The van der Waals surface area contributed by atoms with E-state index in [1.54, 1.807) is 4.80 Å². The summed E-state index contributed by atoms with van der Waals surface area (Å²) in [5, 5.41) is 17.2. The van der Waals surface area contributed by atoms with E-state index in [2.05, 4.69) is 51.1 Å². The highest BCUT2D eigenvalue weighted by Crippen LogP contribution is 2.37. The van der Waals surface area contributed by atoms with Gasteiger partial charge in [0, 0.05) is 22.0 Å². The molecule has 1 N–H and O–H groups in total. The van der Waals surface area contributed by atoms with E-state index >= 15 is 0 Å². The number of thiophene rings is 1. The molecule has 2 aromatic heterocycles. The van der Waals surface area contributed by atoms with Gasteiger partial charge in [-0.15, -0.1) is 21.5 Å². The minimum Gasteiger partial charge on any atom is -0.316 e. The van der Waals surface area contributed by atoms with Gasteiger partial charge in [-0.25, -0.2) is 0 Å². The second kappa shape index (κ2) is 5.54. The molecule has 4 rings (SSSR count).